The van der Waals surface area contributed by atoms with Gasteiger partial charge in [0.1, 0.15) is 11.6 Å². The van der Waals surface area contributed by atoms with Gasteiger partial charge < -0.3 is 25.8 Å². The molecule has 4 saturated carbocycles. The van der Waals surface area contributed by atoms with E-state index in [2.05, 4.69) is 16.0 Å². The zero-order valence-electron chi connectivity index (χ0n) is 25.8. The van der Waals surface area contributed by atoms with E-state index >= 15 is 0 Å². The predicted octanol–water partition coefficient (Wildman–Crippen LogP) is 6.35. The highest BCUT2D eigenvalue weighted by Gasteiger charge is 2.58. The number of halogens is 5. The Kier molecular flexibility index (Phi) is 10.6. The third kappa shape index (κ3) is 7.89. The number of hydrogen-bond acceptors (Lipinski definition) is 5. The first-order valence-corrected chi connectivity index (χ1v) is 16.9. The van der Waals surface area contributed by atoms with E-state index in [9.17, 15) is 32.3 Å². The fraction of sp³-hybridized carbons (Fsp3) is 0.758. The minimum Gasteiger partial charge on any atom is -0.484 e. The lowest BCUT2D eigenvalue weighted by Crippen LogP contribution is -2.71. The van der Waals surface area contributed by atoms with Gasteiger partial charge in [-0.2, -0.15) is 13.2 Å². The van der Waals surface area contributed by atoms with Crippen molar-refractivity contribution in [1.29, 1.82) is 0 Å². The molecule has 1 saturated heterocycles. The second-order valence-electron chi connectivity index (χ2n) is 14.0. The topological polar surface area (TPSA) is 99.7 Å². The summed E-state index contributed by atoms with van der Waals surface area (Å²) >= 11 is 5.69. The van der Waals surface area contributed by atoms with E-state index in [4.69, 9.17) is 16.3 Å². The first-order valence-electron chi connectivity index (χ1n) is 16.5. The normalized spacial score (nSPS) is 32.4. The molecule has 45 heavy (non-hydrogen) atoms. The minimum atomic E-state index is -4.34. The lowest BCUT2D eigenvalue weighted by Gasteiger charge is -2.56. The second-order valence-corrected chi connectivity index (χ2v) is 14.4. The van der Waals surface area contributed by atoms with E-state index in [1.165, 1.54) is 12.1 Å². The molecule has 1 aliphatic heterocycles. The molecule has 1 aromatic carbocycles. The molecule has 1 aromatic rings. The molecule has 1 spiro atoms. The highest BCUT2D eigenvalue weighted by atomic mass is 35.5. The van der Waals surface area contributed by atoms with Crippen LogP contribution in [0.15, 0.2) is 18.2 Å². The first-order chi connectivity index (χ1) is 21.4. The van der Waals surface area contributed by atoms with Gasteiger partial charge in [-0.25, -0.2) is 4.39 Å². The summed E-state index contributed by atoms with van der Waals surface area (Å²) in [6, 6.07) is 3.15. The molecule has 1 heterocycles. The molecule has 2 bridgehead atoms. The van der Waals surface area contributed by atoms with Gasteiger partial charge in [0.25, 0.3) is 5.91 Å². The Bertz CT molecular complexity index is 1190. The van der Waals surface area contributed by atoms with Gasteiger partial charge in [-0.1, -0.05) is 63.0 Å². The van der Waals surface area contributed by atoms with Crippen LogP contribution >= 0.6 is 11.6 Å². The van der Waals surface area contributed by atoms with Crippen LogP contribution in [0, 0.1) is 17.2 Å². The maximum absolute atomic E-state index is 14.4. The smallest absolute Gasteiger partial charge is 0.393 e. The molecule has 4 N–H and O–H groups in total. The molecule has 0 radical (unpaired) electrons. The quantitative estimate of drug-likeness (QED) is 0.267. The van der Waals surface area contributed by atoms with E-state index in [-0.39, 0.29) is 42.7 Å². The number of piperidine rings is 1. The van der Waals surface area contributed by atoms with E-state index in [1.54, 1.807) is 0 Å². The lowest BCUT2D eigenvalue weighted by molar-refractivity contribution is -0.219. The van der Waals surface area contributed by atoms with E-state index in [0.29, 0.717) is 38.5 Å². The van der Waals surface area contributed by atoms with Crippen LogP contribution < -0.4 is 20.7 Å². The molecule has 2 amide bonds. The highest BCUT2D eigenvalue weighted by molar-refractivity contribution is 6.30. The van der Waals surface area contributed by atoms with Crippen molar-refractivity contribution in [3.8, 4) is 5.75 Å². The summed E-state index contributed by atoms with van der Waals surface area (Å²) in [5, 5.41) is 20.1. The van der Waals surface area contributed by atoms with Crippen molar-refractivity contribution in [3.63, 3.8) is 0 Å². The third-order valence-corrected chi connectivity index (χ3v) is 11.4. The molecule has 5 aliphatic rings. The van der Waals surface area contributed by atoms with Crippen LogP contribution in [0.5, 0.6) is 5.75 Å². The molecule has 2 unspecified atom stereocenters. The standard InChI is InChI=1S/C33H46ClF4N3O4/c34-23-10-9-22(17-24(23)35)45-21-28(43)40-32-15-13-31(14-16-32,19-27(32)42)41-29(44)25-18-30(26(20-39-25)33(36,37)38)11-7-5-3-1-2-4-6-8-12-30/h9-10,17,25-27,39,42H,1-8,11-16,18-21H2,(H,40,43)(H,41,44)/t25?,26?,27-,31?,32?/m0/s1. The Labute approximate surface area is 267 Å². The van der Waals surface area contributed by atoms with E-state index in [0.717, 1.165) is 57.4 Å². The van der Waals surface area contributed by atoms with E-state index in [1.807, 2.05) is 0 Å². The molecular weight excluding hydrogens is 614 g/mol. The monoisotopic (exact) mass is 659 g/mol. The summed E-state index contributed by atoms with van der Waals surface area (Å²) < 4.78 is 62.3. The molecule has 5 fully saturated rings. The van der Waals surface area contributed by atoms with Crippen molar-refractivity contribution in [1.82, 2.24) is 16.0 Å². The van der Waals surface area contributed by atoms with Gasteiger partial charge >= 0.3 is 6.18 Å². The van der Waals surface area contributed by atoms with Crippen LogP contribution in [0.3, 0.4) is 0 Å². The van der Waals surface area contributed by atoms with Gasteiger partial charge in [0.15, 0.2) is 6.61 Å². The van der Waals surface area contributed by atoms with Gasteiger partial charge in [0.05, 0.1) is 28.6 Å². The number of benzene rings is 1. The number of rotatable bonds is 6. The fourth-order valence-corrected chi connectivity index (χ4v) is 8.60. The summed E-state index contributed by atoms with van der Waals surface area (Å²) in [4.78, 5) is 26.5. The lowest BCUT2D eigenvalue weighted by atomic mass is 9.59. The summed E-state index contributed by atoms with van der Waals surface area (Å²) in [5.41, 5.74) is -2.53. The van der Waals surface area contributed by atoms with E-state index < -0.39 is 52.5 Å². The van der Waals surface area contributed by atoms with Crippen LogP contribution in [0.25, 0.3) is 0 Å². The van der Waals surface area contributed by atoms with Gasteiger partial charge in [0, 0.05) is 18.2 Å². The predicted molar refractivity (Wildman–Crippen MR) is 162 cm³/mol. The Hall–Kier alpha value is -2.11. The Morgan fingerprint density at radius 3 is 2.13 bits per heavy atom. The second kappa shape index (κ2) is 13.9. The minimum absolute atomic E-state index is 0.0564. The number of nitrogens with one attached hydrogen (secondary N) is 3. The van der Waals surface area contributed by atoms with Crippen molar-refractivity contribution in [2.45, 2.75) is 132 Å². The van der Waals surface area contributed by atoms with Gasteiger partial charge in [-0.3, -0.25) is 9.59 Å². The van der Waals surface area contributed by atoms with Crippen LogP contribution in [0.2, 0.25) is 5.02 Å². The van der Waals surface area contributed by atoms with Crippen LogP contribution in [-0.4, -0.2) is 59.5 Å². The number of ether oxygens (including phenoxy) is 1. The summed E-state index contributed by atoms with van der Waals surface area (Å²) in [6.45, 7) is -0.636. The zero-order valence-corrected chi connectivity index (χ0v) is 26.5. The molecule has 252 valence electrons. The molecule has 6 rings (SSSR count). The van der Waals surface area contributed by atoms with Crippen molar-refractivity contribution in [3.05, 3.63) is 29.0 Å². The number of amides is 2. The van der Waals surface area contributed by atoms with Crippen LogP contribution in [-0.2, 0) is 9.59 Å². The Morgan fingerprint density at radius 2 is 1.56 bits per heavy atom. The molecule has 12 heteroatoms. The molecular formula is C33H46ClF4N3O4. The number of hydrogen-bond donors (Lipinski definition) is 4. The SMILES string of the molecule is O=C(COc1ccc(Cl)c(F)c1)NC12CCC(NC(=O)C3CC4(CCCCCCCCCC4)C(C(F)(F)F)CN3)(CC1)C[C@@H]2O. The Balaban J connectivity index is 1.20. The zero-order chi connectivity index (χ0) is 32.3. The average molecular weight is 660 g/mol. The largest absolute Gasteiger partial charge is 0.484 e. The maximum Gasteiger partial charge on any atom is 0.393 e. The highest BCUT2D eigenvalue weighted by Crippen LogP contribution is 2.52. The van der Waals surface area contributed by atoms with Crippen LogP contribution in [0.4, 0.5) is 17.6 Å². The fourth-order valence-electron chi connectivity index (χ4n) is 8.48. The third-order valence-electron chi connectivity index (χ3n) is 11.1. The number of aliphatic hydroxyl groups excluding tert-OH is 1. The summed E-state index contributed by atoms with van der Waals surface area (Å²) in [6.07, 6.45) is 5.59. The van der Waals surface area contributed by atoms with Gasteiger partial charge in [0.2, 0.25) is 5.91 Å². The van der Waals surface area contributed by atoms with Gasteiger partial charge in [-0.15, -0.1) is 0 Å². The summed E-state index contributed by atoms with van der Waals surface area (Å²) in [7, 11) is 0. The molecule has 3 atom stereocenters. The average Bonchev–Trinajstić information content (AvgIpc) is 3.04. The van der Waals surface area contributed by atoms with Crippen LogP contribution in [0.1, 0.15) is 103 Å². The van der Waals surface area contributed by atoms with Crippen molar-refractivity contribution < 1.29 is 37.0 Å². The molecule has 4 aliphatic carbocycles. The van der Waals surface area contributed by atoms with Crippen molar-refractivity contribution in [2.24, 2.45) is 11.3 Å². The Morgan fingerprint density at radius 1 is 0.933 bits per heavy atom. The summed E-state index contributed by atoms with van der Waals surface area (Å²) in [5.74, 6) is -2.75. The first kappa shape index (κ1) is 34.2. The molecule has 0 aromatic heterocycles. The number of aliphatic hydroxyl groups is 1. The van der Waals surface area contributed by atoms with Gasteiger partial charge in [-0.05, 0) is 68.9 Å². The maximum atomic E-state index is 14.4. The van der Waals surface area contributed by atoms with Crippen molar-refractivity contribution >= 4 is 23.4 Å². The van der Waals surface area contributed by atoms with Crippen molar-refractivity contribution in [2.75, 3.05) is 13.2 Å². The molecule has 7 nitrogen and oxygen atoms in total. The number of fused-ring (bicyclic) bond motifs is 3. The number of carbonyl (C=O) groups excluding carboxylic acids is 2. The number of alkyl halides is 3. The number of carbonyl (C=O) groups is 2.